The minimum absolute atomic E-state index is 0.0787. The molecule has 0 atom stereocenters. The molecule has 200 valence electrons. The molecular weight excluding hydrogens is 506 g/mol. The van der Waals surface area contributed by atoms with Crippen LogP contribution in [0.3, 0.4) is 0 Å². The number of hydrogen-bond donors (Lipinski definition) is 0. The molecule has 0 fully saturated rings. The second kappa shape index (κ2) is 9.46. The van der Waals surface area contributed by atoms with Gasteiger partial charge in [0.1, 0.15) is 0 Å². The summed E-state index contributed by atoms with van der Waals surface area (Å²) >= 11 is 0. The predicted molar refractivity (Wildman–Crippen MR) is 179 cm³/mol. The standard InChI is InChI=1S/C41H31N/c1-41(2)38-24-23-35(27-37(38)40-36(17-10-18-39(40)41)30-13-4-3-5-14-30)42(33-21-19-28-11-6-8-15-31(28)25-33)34-22-20-29-12-7-9-16-32(29)26-34/h3-27H,1-2H3. The summed E-state index contributed by atoms with van der Waals surface area (Å²) in [5, 5.41) is 4.97. The predicted octanol–water partition coefficient (Wildman–Crippen LogP) is 11.4. The molecule has 0 bridgehead atoms. The third kappa shape index (κ3) is 3.85. The van der Waals surface area contributed by atoms with Crippen LogP contribution in [0.5, 0.6) is 0 Å². The van der Waals surface area contributed by atoms with Crippen molar-refractivity contribution in [2.75, 3.05) is 4.90 Å². The maximum atomic E-state index is 2.42. The largest absolute Gasteiger partial charge is 0.310 e. The van der Waals surface area contributed by atoms with E-state index in [-0.39, 0.29) is 5.41 Å². The normalized spacial score (nSPS) is 13.2. The van der Waals surface area contributed by atoms with Gasteiger partial charge in [-0.15, -0.1) is 0 Å². The molecule has 1 heteroatoms. The van der Waals surface area contributed by atoms with Crippen LogP contribution in [0.1, 0.15) is 25.0 Å². The van der Waals surface area contributed by atoms with Gasteiger partial charge in [-0.05, 0) is 91.3 Å². The third-order valence-corrected chi connectivity index (χ3v) is 9.01. The number of nitrogens with zero attached hydrogens (tertiary/aromatic N) is 1. The van der Waals surface area contributed by atoms with E-state index in [0.29, 0.717) is 0 Å². The molecule has 7 aromatic carbocycles. The molecule has 7 aromatic rings. The molecule has 0 N–H and O–H groups in total. The second-order valence-corrected chi connectivity index (χ2v) is 11.8. The fourth-order valence-corrected chi connectivity index (χ4v) is 6.87. The Morgan fingerprint density at radius 1 is 0.405 bits per heavy atom. The van der Waals surface area contributed by atoms with Gasteiger partial charge in [0, 0.05) is 22.5 Å². The number of hydrogen-bond acceptors (Lipinski definition) is 1. The lowest BCUT2D eigenvalue weighted by Crippen LogP contribution is -2.15. The Balaban J connectivity index is 1.37. The lowest BCUT2D eigenvalue weighted by Gasteiger charge is -2.27. The van der Waals surface area contributed by atoms with Crippen LogP contribution in [-0.4, -0.2) is 0 Å². The molecule has 0 spiro atoms. The first kappa shape index (κ1) is 24.6. The molecular formula is C41H31N. The van der Waals surface area contributed by atoms with E-state index in [2.05, 4.69) is 170 Å². The Bertz CT molecular complexity index is 2040. The van der Waals surface area contributed by atoms with Gasteiger partial charge in [-0.25, -0.2) is 0 Å². The van der Waals surface area contributed by atoms with Gasteiger partial charge in [-0.2, -0.15) is 0 Å². The quantitative estimate of drug-likeness (QED) is 0.216. The maximum Gasteiger partial charge on any atom is 0.0468 e. The van der Waals surface area contributed by atoms with E-state index < -0.39 is 0 Å². The van der Waals surface area contributed by atoms with E-state index in [4.69, 9.17) is 0 Å². The van der Waals surface area contributed by atoms with Crippen LogP contribution in [0.4, 0.5) is 17.1 Å². The van der Waals surface area contributed by atoms with E-state index in [1.165, 1.54) is 54.9 Å². The Labute approximate surface area is 247 Å². The van der Waals surface area contributed by atoms with Crippen molar-refractivity contribution in [1.82, 2.24) is 0 Å². The SMILES string of the molecule is CC1(C)c2ccc(N(c3ccc4ccccc4c3)c3ccc4ccccc4c3)cc2-c2c(-c3ccccc3)cccc21. The van der Waals surface area contributed by atoms with Gasteiger partial charge in [0.15, 0.2) is 0 Å². The maximum absolute atomic E-state index is 2.42. The summed E-state index contributed by atoms with van der Waals surface area (Å²) < 4.78 is 0. The van der Waals surface area contributed by atoms with Crippen LogP contribution in [0.25, 0.3) is 43.8 Å². The van der Waals surface area contributed by atoms with E-state index in [1.807, 2.05) is 0 Å². The molecule has 1 aliphatic carbocycles. The lowest BCUT2D eigenvalue weighted by atomic mass is 9.82. The van der Waals surface area contributed by atoms with Gasteiger partial charge in [0.25, 0.3) is 0 Å². The smallest absolute Gasteiger partial charge is 0.0468 e. The van der Waals surface area contributed by atoms with Gasteiger partial charge in [-0.3, -0.25) is 0 Å². The number of anilines is 3. The van der Waals surface area contributed by atoms with E-state index in [1.54, 1.807) is 0 Å². The lowest BCUT2D eigenvalue weighted by molar-refractivity contribution is 0.660. The van der Waals surface area contributed by atoms with E-state index in [9.17, 15) is 0 Å². The first-order valence-electron chi connectivity index (χ1n) is 14.7. The Hall–Kier alpha value is -5.14. The van der Waals surface area contributed by atoms with Crippen LogP contribution in [-0.2, 0) is 5.41 Å². The van der Waals surface area contributed by atoms with Gasteiger partial charge in [0.05, 0.1) is 0 Å². The second-order valence-electron chi connectivity index (χ2n) is 11.8. The van der Waals surface area contributed by atoms with Crippen LogP contribution >= 0.6 is 0 Å². The zero-order chi connectivity index (χ0) is 28.3. The molecule has 0 radical (unpaired) electrons. The summed E-state index contributed by atoms with van der Waals surface area (Å²) in [7, 11) is 0. The van der Waals surface area contributed by atoms with Gasteiger partial charge in [0.2, 0.25) is 0 Å². The van der Waals surface area contributed by atoms with Crippen molar-refractivity contribution in [2.24, 2.45) is 0 Å². The van der Waals surface area contributed by atoms with Crippen LogP contribution in [0.2, 0.25) is 0 Å². The molecule has 0 unspecified atom stereocenters. The minimum Gasteiger partial charge on any atom is -0.310 e. The van der Waals surface area contributed by atoms with Gasteiger partial charge >= 0.3 is 0 Å². The van der Waals surface area contributed by atoms with E-state index in [0.717, 1.165) is 17.1 Å². The highest BCUT2D eigenvalue weighted by Crippen LogP contribution is 2.53. The molecule has 0 saturated heterocycles. The summed E-state index contributed by atoms with van der Waals surface area (Å²) in [6, 6.07) is 55.5. The Morgan fingerprint density at radius 3 is 1.60 bits per heavy atom. The third-order valence-electron chi connectivity index (χ3n) is 9.01. The zero-order valence-corrected chi connectivity index (χ0v) is 23.9. The molecule has 0 heterocycles. The molecule has 8 rings (SSSR count). The van der Waals surface area contributed by atoms with Crippen molar-refractivity contribution in [3.8, 4) is 22.3 Å². The molecule has 0 amide bonds. The Kier molecular flexibility index (Phi) is 5.55. The minimum atomic E-state index is -0.0787. The van der Waals surface area contributed by atoms with Crippen LogP contribution in [0, 0.1) is 0 Å². The molecule has 1 aliphatic rings. The molecule has 1 nitrogen and oxygen atoms in total. The van der Waals surface area contributed by atoms with Crippen molar-refractivity contribution < 1.29 is 0 Å². The number of benzene rings is 7. The molecule has 0 saturated carbocycles. The molecule has 42 heavy (non-hydrogen) atoms. The monoisotopic (exact) mass is 537 g/mol. The first-order valence-corrected chi connectivity index (χ1v) is 14.7. The average Bonchev–Trinajstić information content (AvgIpc) is 3.27. The van der Waals surface area contributed by atoms with Crippen molar-refractivity contribution >= 4 is 38.6 Å². The van der Waals surface area contributed by atoms with Crippen molar-refractivity contribution in [3.63, 3.8) is 0 Å². The summed E-state index contributed by atoms with van der Waals surface area (Å²) in [5.41, 5.74) is 11.4. The fraction of sp³-hybridized carbons (Fsp3) is 0.0732. The van der Waals surface area contributed by atoms with Crippen molar-refractivity contribution in [2.45, 2.75) is 19.3 Å². The van der Waals surface area contributed by atoms with E-state index >= 15 is 0 Å². The number of fused-ring (bicyclic) bond motifs is 5. The molecule has 0 aliphatic heterocycles. The van der Waals surface area contributed by atoms with Crippen molar-refractivity contribution in [3.05, 3.63) is 163 Å². The summed E-state index contributed by atoms with van der Waals surface area (Å²) in [4.78, 5) is 2.41. The zero-order valence-electron chi connectivity index (χ0n) is 23.9. The fourth-order valence-electron chi connectivity index (χ4n) is 6.87. The summed E-state index contributed by atoms with van der Waals surface area (Å²) in [5.74, 6) is 0. The first-order chi connectivity index (χ1) is 20.6. The van der Waals surface area contributed by atoms with Gasteiger partial charge < -0.3 is 4.90 Å². The highest BCUT2D eigenvalue weighted by Gasteiger charge is 2.37. The van der Waals surface area contributed by atoms with Crippen LogP contribution < -0.4 is 4.90 Å². The van der Waals surface area contributed by atoms with Gasteiger partial charge in [-0.1, -0.05) is 129 Å². The van der Waals surface area contributed by atoms with Crippen molar-refractivity contribution in [1.29, 1.82) is 0 Å². The van der Waals surface area contributed by atoms with Crippen LogP contribution in [0.15, 0.2) is 152 Å². The Morgan fingerprint density at radius 2 is 0.952 bits per heavy atom. The highest BCUT2D eigenvalue weighted by atomic mass is 15.1. The number of rotatable bonds is 4. The molecule has 0 aromatic heterocycles. The average molecular weight is 538 g/mol. The highest BCUT2D eigenvalue weighted by molar-refractivity contribution is 5.96. The topological polar surface area (TPSA) is 3.24 Å². The summed E-state index contributed by atoms with van der Waals surface area (Å²) in [6.45, 7) is 4.72. The summed E-state index contributed by atoms with van der Waals surface area (Å²) in [6.07, 6.45) is 0.